The minimum Gasteiger partial charge on any atom is -0.314 e. The molecule has 0 aliphatic rings. The predicted octanol–water partition coefficient (Wildman–Crippen LogP) is 2.03. The fourth-order valence-corrected chi connectivity index (χ4v) is 2.22. The largest absolute Gasteiger partial charge is 0.314 e. The van der Waals surface area contributed by atoms with Gasteiger partial charge in [0.25, 0.3) is 0 Å². The van der Waals surface area contributed by atoms with Crippen molar-refractivity contribution in [1.29, 1.82) is 0 Å². The summed E-state index contributed by atoms with van der Waals surface area (Å²) in [4.78, 5) is 0. The maximum absolute atomic E-state index is 4.46. The lowest BCUT2D eigenvalue weighted by molar-refractivity contribution is 0.656. The van der Waals surface area contributed by atoms with Gasteiger partial charge in [-0.2, -0.15) is 5.10 Å². The molecule has 0 saturated heterocycles. The van der Waals surface area contributed by atoms with E-state index in [9.17, 15) is 0 Å². The molecule has 1 aromatic rings. The van der Waals surface area contributed by atoms with Gasteiger partial charge in [-0.15, -0.1) is 0 Å². The topological polar surface area (TPSA) is 29.9 Å². The highest BCUT2D eigenvalue weighted by Crippen LogP contribution is 2.26. The Kier molecular flexibility index (Phi) is 3.50. The Morgan fingerprint density at radius 2 is 2.15 bits per heavy atom. The highest BCUT2D eigenvalue weighted by atomic mass is 79.9. The van der Waals surface area contributed by atoms with Crippen molar-refractivity contribution in [2.24, 2.45) is 7.05 Å². The van der Waals surface area contributed by atoms with Crippen molar-refractivity contribution >= 4 is 15.9 Å². The number of nitrogens with one attached hydrogen (secondary N) is 1. The number of rotatable bonds is 3. The molecule has 0 radical (unpaired) electrons. The number of hydrogen-bond donors (Lipinski definition) is 1. The Labute approximate surface area is 87.6 Å². The smallest absolute Gasteiger partial charge is 0.0795 e. The van der Waals surface area contributed by atoms with E-state index in [2.05, 4.69) is 40.2 Å². The van der Waals surface area contributed by atoms with E-state index in [4.69, 9.17) is 0 Å². The van der Waals surface area contributed by atoms with E-state index in [0.717, 1.165) is 16.7 Å². The Morgan fingerprint density at radius 3 is 2.54 bits per heavy atom. The molecule has 1 N–H and O–H groups in total. The molecule has 0 spiro atoms. The molecule has 0 fully saturated rings. The van der Waals surface area contributed by atoms with Crippen molar-refractivity contribution in [3.8, 4) is 0 Å². The van der Waals surface area contributed by atoms with E-state index in [1.165, 1.54) is 5.69 Å². The summed E-state index contributed by atoms with van der Waals surface area (Å²) in [5.74, 6) is 0.464. The van der Waals surface area contributed by atoms with Crippen LogP contribution in [0.3, 0.4) is 0 Å². The second-order valence-electron chi connectivity index (χ2n) is 3.45. The fraction of sp³-hybridized carbons (Fsp3) is 0.667. The van der Waals surface area contributed by atoms with Crippen LogP contribution < -0.4 is 5.32 Å². The van der Waals surface area contributed by atoms with Crippen molar-refractivity contribution in [1.82, 2.24) is 15.1 Å². The number of aromatic nitrogens is 2. The van der Waals surface area contributed by atoms with Gasteiger partial charge in [0.05, 0.1) is 15.9 Å². The maximum Gasteiger partial charge on any atom is 0.0795 e. The van der Waals surface area contributed by atoms with Crippen LogP contribution in [0.4, 0.5) is 0 Å². The van der Waals surface area contributed by atoms with Crippen molar-refractivity contribution in [3.05, 3.63) is 15.9 Å². The van der Waals surface area contributed by atoms with Gasteiger partial charge in [0.15, 0.2) is 0 Å². The Balaban J connectivity index is 3.07. The number of aryl methyl sites for hydroxylation is 1. The number of halogens is 1. The molecular formula is C9H16BrN3. The molecule has 74 valence electrons. The normalized spacial score (nSPS) is 11.2. The second-order valence-corrected chi connectivity index (χ2v) is 4.25. The summed E-state index contributed by atoms with van der Waals surface area (Å²) >= 11 is 3.58. The van der Waals surface area contributed by atoms with Crippen LogP contribution in [0.25, 0.3) is 0 Å². The fourth-order valence-electron chi connectivity index (χ4n) is 1.28. The molecule has 13 heavy (non-hydrogen) atoms. The number of nitrogens with zero attached hydrogens (tertiary/aromatic N) is 2. The molecule has 0 atom stereocenters. The zero-order valence-electron chi connectivity index (χ0n) is 8.56. The predicted molar refractivity (Wildman–Crippen MR) is 57.8 cm³/mol. The molecule has 0 saturated carbocycles. The molecule has 0 amide bonds. The Hall–Kier alpha value is -0.350. The first-order valence-corrected chi connectivity index (χ1v) is 5.23. The van der Waals surface area contributed by atoms with E-state index in [1.807, 2.05) is 18.8 Å². The molecular weight excluding hydrogens is 230 g/mol. The average Bonchev–Trinajstić information content (AvgIpc) is 2.32. The summed E-state index contributed by atoms with van der Waals surface area (Å²) in [6, 6.07) is 0. The maximum atomic E-state index is 4.46. The molecule has 1 rings (SSSR count). The van der Waals surface area contributed by atoms with E-state index in [0.29, 0.717) is 5.92 Å². The van der Waals surface area contributed by atoms with Crippen molar-refractivity contribution in [2.75, 3.05) is 7.05 Å². The van der Waals surface area contributed by atoms with E-state index < -0.39 is 0 Å². The lowest BCUT2D eigenvalue weighted by Crippen LogP contribution is -2.10. The van der Waals surface area contributed by atoms with Crippen molar-refractivity contribution < 1.29 is 0 Å². The highest BCUT2D eigenvalue weighted by Gasteiger charge is 2.14. The number of hydrogen-bond acceptors (Lipinski definition) is 2. The van der Waals surface area contributed by atoms with Crippen molar-refractivity contribution in [3.63, 3.8) is 0 Å². The van der Waals surface area contributed by atoms with Crippen LogP contribution in [0.2, 0.25) is 0 Å². The first kappa shape index (κ1) is 10.7. The Morgan fingerprint density at radius 1 is 1.54 bits per heavy atom. The van der Waals surface area contributed by atoms with Crippen LogP contribution in [-0.4, -0.2) is 16.8 Å². The van der Waals surface area contributed by atoms with E-state index in [1.54, 1.807) is 0 Å². The molecule has 0 bridgehead atoms. The van der Waals surface area contributed by atoms with Gasteiger partial charge in [-0.1, -0.05) is 13.8 Å². The lowest BCUT2D eigenvalue weighted by Gasteiger charge is -2.01. The molecule has 0 unspecified atom stereocenters. The van der Waals surface area contributed by atoms with Crippen LogP contribution in [0.15, 0.2) is 4.47 Å². The molecule has 3 nitrogen and oxygen atoms in total. The van der Waals surface area contributed by atoms with Gasteiger partial charge in [-0.3, -0.25) is 4.68 Å². The van der Waals surface area contributed by atoms with Crippen LogP contribution in [0.1, 0.15) is 31.2 Å². The monoisotopic (exact) mass is 245 g/mol. The Bertz CT molecular complexity index is 291. The average molecular weight is 246 g/mol. The SMILES string of the molecule is CNCc1c(Br)c(C(C)C)nn1C. The summed E-state index contributed by atoms with van der Waals surface area (Å²) in [5.41, 5.74) is 2.33. The first-order chi connectivity index (χ1) is 6.07. The van der Waals surface area contributed by atoms with Gasteiger partial charge in [-0.25, -0.2) is 0 Å². The second kappa shape index (κ2) is 4.24. The molecule has 0 aliphatic heterocycles. The first-order valence-electron chi connectivity index (χ1n) is 4.43. The third kappa shape index (κ3) is 2.11. The quantitative estimate of drug-likeness (QED) is 0.884. The molecule has 0 aromatic carbocycles. The van der Waals surface area contributed by atoms with Gasteiger partial charge >= 0.3 is 0 Å². The van der Waals surface area contributed by atoms with Gasteiger partial charge in [0.1, 0.15) is 0 Å². The van der Waals surface area contributed by atoms with E-state index >= 15 is 0 Å². The molecule has 0 aliphatic carbocycles. The minimum absolute atomic E-state index is 0.464. The van der Waals surface area contributed by atoms with Crippen LogP contribution in [-0.2, 0) is 13.6 Å². The summed E-state index contributed by atoms with van der Waals surface area (Å²) < 4.78 is 3.06. The summed E-state index contributed by atoms with van der Waals surface area (Å²) in [6.07, 6.45) is 0. The van der Waals surface area contributed by atoms with Crippen LogP contribution in [0.5, 0.6) is 0 Å². The van der Waals surface area contributed by atoms with Gasteiger partial charge < -0.3 is 5.32 Å². The zero-order chi connectivity index (χ0) is 10.0. The lowest BCUT2D eigenvalue weighted by atomic mass is 10.1. The molecule has 1 heterocycles. The van der Waals surface area contributed by atoms with Gasteiger partial charge in [-0.05, 0) is 28.9 Å². The summed E-state index contributed by atoms with van der Waals surface area (Å²) in [7, 11) is 3.91. The zero-order valence-corrected chi connectivity index (χ0v) is 10.1. The summed E-state index contributed by atoms with van der Waals surface area (Å²) in [6.45, 7) is 5.14. The van der Waals surface area contributed by atoms with Gasteiger partial charge in [0, 0.05) is 13.6 Å². The van der Waals surface area contributed by atoms with Crippen molar-refractivity contribution in [2.45, 2.75) is 26.3 Å². The highest BCUT2D eigenvalue weighted by molar-refractivity contribution is 9.10. The van der Waals surface area contributed by atoms with Crippen LogP contribution in [0, 0.1) is 0 Å². The standard InChI is InChI=1S/C9H16BrN3/c1-6(2)9-8(10)7(5-11-3)13(4)12-9/h6,11H,5H2,1-4H3. The van der Waals surface area contributed by atoms with E-state index in [-0.39, 0.29) is 0 Å². The molecule has 1 aromatic heterocycles. The molecule has 4 heteroatoms. The van der Waals surface area contributed by atoms with Crippen LogP contribution >= 0.6 is 15.9 Å². The third-order valence-electron chi connectivity index (χ3n) is 2.02. The minimum atomic E-state index is 0.464. The summed E-state index contributed by atoms with van der Waals surface area (Å²) in [5, 5.41) is 7.59. The third-order valence-corrected chi connectivity index (χ3v) is 2.88. The van der Waals surface area contributed by atoms with Gasteiger partial charge in [0.2, 0.25) is 0 Å².